The average Bonchev–Trinajstić information content (AvgIpc) is 2.37. The number of anilines is 2. The Bertz CT molecular complexity index is 369. The number of nitrogens with one attached hydrogen (secondary N) is 2. The van der Waals surface area contributed by atoms with Gasteiger partial charge in [0.15, 0.2) is 0 Å². The summed E-state index contributed by atoms with van der Waals surface area (Å²) < 4.78 is 0. The quantitative estimate of drug-likeness (QED) is 0.433. The van der Waals surface area contributed by atoms with Crippen LogP contribution in [0.3, 0.4) is 0 Å². The first kappa shape index (κ1) is 13.7. The smallest absolute Gasteiger partial charge is 0.148 e. The molecule has 0 fully saturated rings. The number of nitrogens with two attached hydrogens (primary N) is 1. The second-order valence-electron chi connectivity index (χ2n) is 3.90. The first-order valence-corrected chi connectivity index (χ1v) is 5.88. The zero-order chi connectivity index (χ0) is 12.8. The molecule has 0 aliphatic heterocycles. The number of aryl methyl sites for hydroxylation is 1. The second-order valence-corrected chi connectivity index (χ2v) is 3.90. The van der Waals surface area contributed by atoms with Gasteiger partial charge >= 0.3 is 0 Å². The van der Waals surface area contributed by atoms with Gasteiger partial charge < -0.3 is 15.8 Å². The van der Waals surface area contributed by atoms with Crippen LogP contribution in [-0.4, -0.2) is 27.7 Å². The third-order valence-corrected chi connectivity index (χ3v) is 2.62. The highest BCUT2D eigenvalue weighted by Gasteiger charge is 2.10. The Kier molecular flexibility index (Phi) is 5.11. The molecule has 5 N–H and O–H groups in total. The molecule has 0 radical (unpaired) electrons. The van der Waals surface area contributed by atoms with E-state index < -0.39 is 0 Å². The number of nitrogen functional groups attached to an aromatic ring is 1. The highest BCUT2D eigenvalue weighted by atomic mass is 16.3. The van der Waals surface area contributed by atoms with Gasteiger partial charge in [-0.1, -0.05) is 13.8 Å². The maximum atomic E-state index is 9.52. The van der Waals surface area contributed by atoms with Crippen molar-refractivity contribution in [2.45, 2.75) is 39.7 Å². The van der Waals surface area contributed by atoms with Gasteiger partial charge in [0.05, 0.1) is 6.10 Å². The van der Waals surface area contributed by atoms with Crippen LogP contribution in [0.2, 0.25) is 0 Å². The predicted octanol–water partition coefficient (Wildman–Crippen LogP) is 0.816. The van der Waals surface area contributed by atoms with Crippen molar-refractivity contribution >= 4 is 11.6 Å². The first-order valence-electron chi connectivity index (χ1n) is 5.88. The lowest BCUT2D eigenvalue weighted by Crippen LogP contribution is -2.21. The van der Waals surface area contributed by atoms with Crippen LogP contribution in [0.15, 0.2) is 0 Å². The normalized spacial score (nSPS) is 12.3. The summed E-state index contributed by atoms with van der Waals surface area (Å²) in [6.07, 6.45) is 1.07. The minimum atomic E-state index is -0.372. The van der Waals surface area contributed by atoms with Crippen molar-refractivity contribution in [1.29, 1.82) is 0 Å². The summed E-state index contributed by atoms with van der Waals surface area (Å²) in [6.45, 7) is 6.27. The molecule has 1 aromatic heterocycles. The molecular weight excluding hydrogens is 218 g/mol. The van der Waals surface area contributed by atoms with Crippen molar-refractivity contribution in [2.24, 2.45) is 5.84 Å². The zero-order valence-electron chi connectivity index (χ0n) is 10.6. The minimum Gasteiger partial charge on any atom is -0.391 e. The molecule has 1 atom stereocenters. The molecule has 0 saturated heterocycles. The third-order valence-electron chi connectivity index (χ3n) is 2.62. The Morgan fingerprint density at radius 2 is 1.94 bits per heavy atom. The van der Waals surface area contributed by atoms with E-state index >= 15 is 0 Å². The average molecular weight is 239 g/mol. The topological polar surface area (TPSA) is 96.1 Å². The van der Waals surface area contributed by atoms with Crippen LogP contribution in [0, 0.1) is 6.92 Å². The van der Waals surface area contributed by atoms with Crippen molar-refractivity contribution in [3.05, 3.63) is 11.4 Å². The number of aromatic nitrogens is 2. The highest BCUT2D eigenvalue weighted by molar-refractivity contribution is 5.56. The van der Waals surface area contributed by atoms with E-state index in [0.717, 1.165) is 23.6 Å². The molecule has 0 bridgehead atoms. The zero-order valence-corrected chi connectivity index (χ0v) is 10.6. The van der Waals surface area contributed by atoms with E-state index in [9.17, 15) is 5.11 Å². The molecule has 6 nitrogen and oxygen atoms in total. The fourth-order valence-electron chi connectivity index (χ4n) is 1.39. The Hall–Kier alpha value is -1.40. The Morgan fingerprint density at radius 1 is 1.29 bits per heavy atom. The van der Waals surface area contributed by atoms with Gasteiger partial charge in [-0.25, -0.2) is 15.8 Å². The van der Waals surface area contributed by atoms with Crippen molar-refractivity contribution in [3.8, 4) is 0 Å². The standard InChI is InChI=1S/C11H21N5O/c1-4-8(17)6-13-10-7(3)11(16-12)15-9(5-2)14-10/h8,17H,4-6,12H2,1-3H3,(H2,13,14,15,16). The fraction of sp³-hybridized carbons (Fsp3) is 0.636. The fourth-order valence-corrected chi connectivity index (χ4v) is 1.39. The Morgan fingerprint density at radius 3 is 2.47 bits per heavy atom. The van der Waals surface area contributed by atoms with E-state index in [0.29, 0.717) is 18.8 Å². The lowest BCUT2D eigenvalue weighted by molar-refractivity contribution is 0.183. The van der Waals surface area contributed by atoms with Crippen LogP contribution < -0.4 is 16.6 Å². The second kappa shape index (κ2) is 6.36. The largest absolute Gasteiger partial charge is 0.391 e. The van der Waals surface area contributed by atoms with E-state index in [2.05, 4.69) is 20.7 Å². The molecule has 0 aliphatic rings. The maximum Gasteiger partial charge on any atom is 0.148 e. The summed E-state index contributed by atoms with van der Waals surface area (Å²) in [7, 11) is 0. The van der Waals surface area contributed by atoms with Gasteiger partial charge in [-0.2, -0.15) is 0 Å². The molecule has 1 rings (SSSR count). The Labute approximate surface area is 102 Å². The monoisotopic (exact) mass is 239 g/mol. The van der Waals surface area contributed by atoms with E-state index in [1.807, 2.05) is 20.8 Å². The summed E-state index contributed by atoms with van der Waals surface area (Å²) in [5, 5.41) is 12.6. The van der Waals surface area contributed by atoms with Crippen LogP contribution in [0.1, 0.15) is 31.7 Å². The van der Waals surface area contributed by atoms with Gasteiger partial charge in [-0.3, -0.25) is 0 Å². The molecule has 6 heteroatoms. The van der Waals surface area contributed by atoms with E-state index in [1.54, 1.807) is 0 Å². The van der Waals surface area contributed by atoms with E-state index in [1.165, 1.54) is 0 Å². The summed E-state index contributed by atoms with van der Waals surface area (Å²) >= 11 is 0. The molecule has 1 heterocycles. The van der Waals surface area contributed by atoms with Crippen molar-refractivity contribution in [2.75, 3.05) is 17.3 Å². The van der Waals surface area contributed by atoms with Crippen molar-refractivity contribution in [3.63, 3.8) is 0 Å². The highest BCUT2D eigenvalue weighted by Crippen LogP contribution is 2.19. The number of hydrazine groups is 1. The molecule has 96 valence electrons. The molecule has 1 aromatic rings. The third kappa shape index (κ3) is 3.54. The predicted molar refractivity (Wildman–Crippen MR) is 68.7 cm³/mol. The first-order chi connectivity index (χ1) is 8.12. The van der Waals surface area contributed by atoms with E-state index in [-0.39, 0.29) is 6.10 Å². The SMILES string of the molecule is CCc1nc(NN)c(C)c(NCC(O)CC)n1. The van der Waals surface area contributed by atoms with Crippen LogP contribution in [0.25, 0.3) is 0 Å². The maximum absolute atomic E-state index is 9.52. The number of hydrogen-bond donors (Lipinski definition) is 4. The van der Waals surface area contributed by atoms with Gasteiger partial charge in [0.1, 0.15) is 17.5 Å². The number of rotatable bonds is 6. The molecular formula is C11H21N5O. The van der Waals surface area contributed by atoms with Crippen molar-refractivity contribution < 1.29 is 5.11 Å². The van der Waals surface area contributed by atoms with Gasteiger partial charge in [-0.05, 0) is 13.3 Å². The lowest BCUT2D eigenvalue weighted by Gasteiger charge is -2.15. The van der Waals surface area contributed by atoms with Gasteiger partial charge in [0.25, 0.3) is 0 Å². The molecule has 17 heavy (non-hydrogen) atoms. The summed E-state index contributed by atoms with van der Waals surface area (Å²) in [5.41, 5.74) is 3.41. The molecule has 0 aliphatic carbocycles. The molecule has 1 unspecified atom stereocenters. The molecule has 0 aromatic carbocycles. The van der Waals surface area contributed by atoms with Crippen LogP contribution in [0.4, 0.5) is 11.6 Å². The Balaban J connectivity index is 2.89. The minimum absolute atomic E-state index is 0.372. The number of nitrogens with zero attached hydrogens (tertiary/aromatic N) is 2. The van der Waals surface area contributed by atoms with E-state index in [4.69, 9.17) is 5.84 Å². The van der Waals surface area contributed by atoms with Gasteiger partial charge in [-0.15, -0.1) is 0 Å². The summed E-state index contributed by atoms with van der Waals surface area (Å²) in [4.78, 5) is 8.64. The lowest BCUT2D eigenvalue weighted by atomic mass is 10.2. The molecule has 0 saturated carbocycles. The summed E-state index contributed by atoms with van der Waals surface area (Å²) in [6, 6.07) is 0. The number of aliphatic hydroxyl groups is 1. The van der Waals surface area contributed by atoms with Crippen molar-refractivity contribution in [1.82, 2.24) is 9.97 Å². The number of hydrogen-bond acceptors (Lipinski definition) is 6. The van der Waals surface area contributed by atoms with Crippen LogP contribution in [0.5, 0.6) is 0 Å². The van der Waals surface area contributed by atoms with Crippen LogP contribution >= 0.6 is 0 Å². The van der Waals surface area contributed by atoms with Gasteiger partial charge in [0, 0.05) is 18.5 Å². The summed E-state index contributed by atoms with van der Waals surface area (Å²) in [5.74, 6) is 7.46. The number of aliphatic hydroxyl groups excluding tert-OH is 1. The molecule has 0 amide bonds. The molecule has 0 spiro atoms. The van der Waals surface area contributed by atoms with Crippen LogP contribution in [-0.2, 0) is 6.42 Å². The van der Waals surface area contributed by atoms with Gasteiger partial charge in [0.2, 0.25) is 0 Å².